The largest absolute Gasteiger partial charge is 0.445 e. The van der Waals surface area contributed by atoms with Gasteiger partial charge in [-0.3, -0.25) is 14.4 Å². The predicted octanol–water partition coefficient (Wildman–Crippen LogP) is 4.67. The second-order valence-electron chi connectivity index (χ2n) is 13.8. The van der Waals surface area contributed by atoms with E-state index in [2.05, 4.69) is 26.3 Å². The van der Waals surface area contributed by atoms with E-state index >= 15 is 0 Å². The Labute approximate surface area is 321 Å². The Kier molecular flexibility index (Phi) is 16.4. The quantitative estimate of drug-likeness (QED) is 0.0753. The van der Waals surface area contributed by atoms with E-state index in [4.69, 9.17) is 4.74 Å². The first kappa shape index (κ1) is 41.9. The van der Waals surface area contributed by atoms with Crippen molar-refractivity contribution in [3.8, 4) is 0 Å². The molecule has 4 rings (SSSR count). The van der Waals surface area contributed by atoms with Crippen LogP contribution in [0.2, 0.25) is 0 Å². The molecule has 0 aliphatic heterocycles. The fourth-order valence-corrected chi connectivity index (χ4v) is 6.78. The van der Waals surface area contributed by atoms with Crippen LogP contribution in [0, 0.1) is 11.8 Å². The molecule has 3 aromatic carbocycles. The van der Waals surface area contributed by atoms with E-state index in [0.29, 0.717) is 12.1 Å². The van der Waals surface area contributed by atoms with Gasteiger partial charge >= 0.3 is 6.09 Å². The summed E-state index contributed by atoms with van der Waals surface area (Å²) in [4.78, 5) is 58.7. The van der Waals surface area contributed by atoms with Gasteiger partial charge in [0, 0.05) is 18.2 Å². The monoisotopic (exact) mass is 759 g/mol. The Hall–Kier alpha value is -4.85. The molecule has 0 aliphatic carbocycles. The van der Waals surface area contributed by atoms with Gasteiger partial charge in [-0.25, -0.2) is 9.78 Å². The standard InChI is InChI=1S/C41H53N5O7S/c1-5-26(3)35(22-47)43-37(49)21-36(48)38(27(4)6-2)46-40(51)34(20-31-24-54-25-42-31)44-39(50)33(45-41(52)53-23-28-13-8-7-9-14-28)19-30-17-12-16-29-15-10-11-18-32(29)30/h7-18,24-27,33-36,38,47-48H,5-6,19-23H2,1-4H3,(H,43,49)(H,44,50)(H,45,52)(H,46,51)/t26?,27?,33-,34-,35+,36?,38?/m0/s1. The number of nitrogens with one attached hydrogen (secondary N) is 4. The fourth-order valence-electron chi connectivity index (χ4n) is 6.21. The smallest absolute Gasteiger partial charge is 0.408 e. The maximum atomic E-state index is 14.2. The number of hydrogen-bond donors (Lipinski definition) is 6. The molecule has 290 valence electrons. The maximum absolute atomic E-state index is 14.2. The lowest BCUT2D eigenvalue weighted by Gasteiger charge is -2.31. The predicted molar refractivity (Wildman–Crippen MR) is 209 cm³/mol. The second kappa shape index (κ2) is 21.1. The number of benzene rings is 3. The van der Waals surface area contributed by atoms with E-state index in [1.165, 1.54) is 11.3 Å². The van der Waals surface area contributed by atoms with Crippen molar-refractivity contribution in [2.24, 2.45) is 11.8 Å². The van der Waals surface area contributed by atoms with E-state index in [0.717, 1.165) is 28.3 Å². The number of aliphatic hydroxyl groups is 2. The lowest BCUT2D eigenvalue weighted by Crippen LogP contribution is -2.58. The minimum absolute atomic E-state index is 0.000225. The Morgan fingerprint density at radius 3 is 2.15 bits per heavy atom. The first-order valence-electron chi connectivity index (χ1n) is 18.5. The first-order valence-corrected chi connectivity index (χ1v) is 19.5. The second-order valence-corrected chi connectivity index (χ2v) is 14.5. The summed E-state index contributed by atoms with van der Waals surface area (Å²) in [7, 11) is 0. The Morgan fingerprint density at radius 1 is 0.796 bits per heavy atom. The third kappa shape index (κ3) is 12.4. The highest BCUT2D eigenvalue weighted by Gasteiger charge is 2.34. The van der Waals surface area contributed by atoms with Gasteiger partial charge in [-0.1, -0.05) is 113 Å². The molecule has 0 bridgehead atoms. The number of hydrogen-bond acceptors (Lipinski definition) is 9. The minimum atomic E-state index is -1.25. The zero-order chi connectivity index (χ0) is 39.0. The normalized spacial score (nSPS) is 15.1. The highest BCUT2D eigenvalue weighted by Crippen LogP contribution is 2.21. The summed E-state index contributed by atoms with van der Waals surface area (Å²) < 4.78 is 5.48. The van der Waals surface area contributed by atoms with Gasteiger partial charge in [0.15, 0.2) is 0 Å². The molecule has 4 unspecified atom stereocenters. The third-order valence-corrected chi connectivity index (χ3v) is 10.5. The molecule has 0 spiro atoms. The summed E-state index contributed by atoms with van der Waals surface area (Å²) in [6.07, 6.45) is -0.871. The van der Waals surface area contributed by atoms with Crippen molar-refractivity contribution in [1.29, 1.82) is 0 Å². The van der Waals surface area contributed by atoms with Gasteiger partial charge in [0.05, 0.1) is 42.4 Å². The van der Waals surface area contributed by atoms with Crippen LogP contribution in [0.5, 0.6) is 0 Å². The molecule has 13 heteroatoms. The van der Waals surface area contributed by atoms with E-state index in [-0.39, 0.29) is 44.3 Å². The number of rotatable bonds is 20. The molecule has 0 saturated heterocycles. The molecular formula is C41H53N5O7S. The number of alkyl carbamates (subject to hydrolysis) is 1. The van der Waals surface area contributed by atoms with E-state index in [9.17, 15) is 29.4 Å². The highest BCUT2D eigenvalue weighted by atomic mass is 32.1. The minimum Gasteiger partial charge on any atom is -0.445 e. The lowest BCUT2D eigenvalue weighted by molar-refractivity contribution is -0.131. The highest BCUT2D eigenvalue weighted by molar-refractivity contribution is 7.07. The third-order valence-electron chi connectivity index (χ3n) is 9.90. The molecule has 1 aromatic heterocycles. The summed E-state index contributed by atoms with van der Waals surface area (Å²) in [6, 6.07) is 19.1. The summed E-state index contributed by atoms with van der Waals surface area (Å²) in [5.41, 5.74) is 3.79. The van der Waals surface area contributed by atoms with E-state index in [1.807, 2.05) is 100 Å². The summed E-state index contributed by atoms with van der Waals surface area (Å²) >= 11 is 1.35. The zero-order valence-electron chi connectivity index (χ0n) is 31.4. The number of fused-ring (bicyclic) bond motifs is 1. The van der Waals surface area contributed by atoms with Crippen molar-refractivity contribution >= 4 is 45.9 Å². The SMILES string of the molecule is CCC(C)C(NC(=O)[C@H](Cc1cscn1)NC(=O)[C@H](Cc1cccc2ccccc12)NC(=O)OCc1ccccc1)C(O)CC(=O)N[C@H](CO)C(C)CC. The van der Waals surface area contributed by atoms with Crippen LogP contribution in [0.25, 0.3) is 10.8 Å². The number of aliphatic hydroxyl groups excluding tert-OH is 2. The van der Waals surface area contributed by atoms with Crippen LogP contribution in [0.3, 0.4) is 0 Å². The number of carbonyl (C=O) groups excluding carboxylic acids is 4. The molecule has 4 aromatic rings. The average molecular weight is 760 g/mol. The van der Waals surface area contributed by atoms with Gasteiger partial charge in [-0.05, 0) is 33.7 Å². The van der Waals surface area contributed by atoms with Crippen LogP contribution < -0.4 is 21.3 Å². The van der Waals surface area contributed by atoms with Crippen molar-refractivity contribution in [3.63, 3.8) is 0 Å². The summed E-state index contributed by atoms with van der Waals surface area (Å²) in [5.74, 6) is -1.85. The van der Waals surface area contributed by atoms with Crippen molar-refractivity contribution in [3.05, 3.63) is 101 Å². The molecule has 6 N–H and O–H groups in total. The van der Waals surface area contributed by atoms with Crippen molar-refractivity contribution in [2.75, 3.05) is 6.61 Å². The number of ether oxygens (including phenoxy) is 1. The topological polar surface area (TPSA) is 179 Å². The summed E-state index contributed by atoms with van der Waals surface area (Å²) in [6.45, 7) is 7.42. The molecule has 0 radical (unpaired) electrons. The molecular weight excluding hydrogens is 707 g/mol. The van der Waals surface area contributed by atoms with Crippen LogP contribution in [0.4, 0.5) is 4.79 Å². The van der Waals surface area contributed by atoms with Gasteiger partial charge in [-0.15, -0.1) is 11.3 Å². The zero-order valence-corrected chi connectivity index (χ0v) is 32.2. The molecule has 7 atom stereocenters. The van der Waals surface area contributed by atoms with Crippen molar-refractivity contribution in [1.82, 2.24) is 26.3 Å². The average Bonchev–Trinajstić information content (AvgIpc) is 3.70. The van der Waals surface area contributed by atoms with Crippen LogP contribution in [0.15, 0.2) is 83.7 Å². The van der Waals surface area contributed by atoms with Gasteiger partial charge in [0.1, 0.15) is 18.7 Å². The number of aromatic nitrogens is 1. The number of thiazole rings is 1. The van der Waals surface area contributed by atoms with E-state index < -0.39 is 54.1 Å². The van der Waals surface area contributed by atoms with Crippen LogP contribution in [-0.4, -0.2) is 75.9 Å². The Bertz CT molecular complexity index is 1790. The van der Waals surface area contributed by atoms with Gasteiger partial charge in [0.2, 0.25) is 17.7 Å². The number of carbonyl (C=O) groups is 4. The molecule has 0 aliphatic rings. The van der Waals surface area contributed by atoms with Gasteiger partial charge < -0.3 is 36.2 Å². The molecule has 12 nitrogen and oxygen atoms in total. The molecule has 0 fully saturated rings. The van der Waals surface area contributed by atoms with Crippen LogP contribution in [-0.2, 0) is 38.6 Å². The molecule has 0 saturated carbocycles. The fraction of sp³-hybridized carbons (Fsp3) is 0.439. The first-order chi connectivity index (χ1) is 26.0. The maximum Gasteiger partial charge on any atom is 0.408 e. The van der Waals surface area contributed by atoms with Crippen LogP contribution >= 0.6 is 11.3 Å². The van der Waals surface area contributed by atoms with Gasteiger partial charge in [0.25, 0.3) is 0 Å². The molecule has 1 heterocycles. The Morgan fingerprint density at radius 2 is 1.46 bits per heavy atom. The van der Waals surface area contributed by atoms with Crippen molar-refractivity contribution in [2.45, 2.75) is 96.7 Å². The lowest BCUT2D eigenvalue weighted by atomic mass is 9.91. The van der Waals surface area contributed by atoms with Crippen LogP contribution in [0.1, 0.15) is 63.8 Å². The number of amides is 4. The molecule has 4 amide bonds. The van der Waals surface area contributed by atoms with E-state index in [1.54, 1.807) is 10.9 Å². The summed E-state index contributed by atoms with van der Waals surface area (Å²) in [5, 5.41) is 36.0. The molecule has 54 heavy (non-hydrogen) atoms. The van der Waals surface area contributed by atoms with Crippen molar-refractivity contribution < 1.29 is 34.1 Å². The Balaban J connectivity index is 1.56. The number of nitrogens with zero attached hydrogens (tertiary/aromatic N) is 1. The van der Waals surface area contributed by atoms with Gasteiger partial charge in [-0.2, -0.15) is 0 Å².